The van der Waals surface area contributed by atoms with Gasteiger partial charge in [0.25, 0.3) is 0 Å². The first-order valence-corrected chi connectivity index (χ1v) is 9.61. The van der Waals surface area contributed by atoms with Crippen LogP contribution in [0.3, 0.4) is 0 Å². The second kappa shape index (κ2) is 11.5. The normalized spacial score (nSPS) is 12.0. The summed E-state index contributed by atoms with van der Waals surface area (Å²) in [5.41, 5.74) is 2.22. The molecule has 0 amide bonds. The zero-order valence-electron chi connectivity index (χ0n) is 16.3. The highest BCUT2D eigenvalue weighted by Gasteiger charge is 2.17. The van der Waals surface area contributed by atoms with Crippen LogP contribution in [0, 0.1) is 6.92 Å². The van der Waals surface area contributed by atoms with Gasteiger partial charge in [-0.3, -0.25) is 0 Å². The molecule has 6 heteroatoms. The molecule has 0 radical (unpaired) electrons. The topological polar surface area (TPSA) is 99.4 Å². The molecule has 1 atom stereocenters. The molecular formula is C22H30O6. The standard InChI is InChI=1S/C22H30O6/c1-16-21(26)17(7-5-11-23)13-18(8-6-12-24)22(16)28-15-19(25)14-27-20-9-3-2-4-10-20/h2-4,9-10,13,19,23-26H,5-8,11-12,14-15H2,1H3. The molecule has 6 nitrogen and oxygen atoms in total. The van der Waals surface area contributed by atoms with Gasteiger partial charge in [0.2, 0.25) is 0 Å². The molecule has 1 unspecified atom stereocenters. The summed E-state index contributed by atoms with van der Waals surface area (Å²) in [7, 11) is 0. The summed E-state index contributed by atoms with van der Waals surface area (Å²) in [5, 5.41) is 38.9. The number of rotatable bonds is 12. The van der Waals surface area contributed by atoms with Crippen LogP contribution in [-0.2, 0) is 12.8 Å². The van der Waals surface area contributed by atoms with Crippen molar-refractivity contribution in [1.29, 1.82) is 0 Å². The van der Waals surface area contributed by atoms with E-state index in [0.717, 1.165) is 11.1 Å². The molecule has 2 rings (SSSR count). The summed E-state index contributed by atoms with van der Waals surface area (Å²) in [6.07, 6.45) is 1.45. The predicted molar refractivity (Wildman–Crippen MR) is 107 cm³/mol. The lowest BCUT2D eigenvalue weighted by atomic mass is 9.97. The smallest absolute Gasteiger partial charge is 0.129 e. The van der Waals surface area contributed by atoms with Gasteiger partial charge in [-0.15, -0.1) is 0 Å². The van der Waals surface area contributed by atoms with E-state index in [9.17, 15) is 10.2 Å². The number of ether oxygens (including phenoxy) is 2. The highest BCUT2D eigenvalue weighted by Crippen LogP contribution is 2.36. The minimum Gasteiger partial charge on any atom is -0.507 e. The van der Waals surface area contributed by atoms with Crippen LogP contribution in [0.4, 0.5) is 0 Å². The van der Waals surface area contributed by atoms with Gasteiger partial charge in [0, 0.05) is 18.8 Å². The van der Waals surface area contributed by atoms with Crippen molar-refractivity contribution in [2.75, 3.05) is 26.4 Å². The van der Waals surface area contributed by atoms with Crippen molar-refractivity contribution < 1.29 is 29.9 Å². The minimum absolute atomic E-state index is 0.0230. The van der Waals surface area contributed by atoms with Gasteiger partial charge in [-0.05, 0) is 61.9 Å². The molecule has 0 aliphatic carbocycles. The lowest BCUT2D eigenvalue weighted by molar-refractivity contribution is 0.0619. The second-order valence-electron chi connectivity index (χ2n) is 6.74. The molecule has 4 N–H and O–H groups in total. The van der Waals surface area contributed by atoms with Gasteiger partial charge < -0.3 is 29.9 Å². The lowest BCUT2D eigenvalue weighted by Crippen LogP contribution is -2.25. The summed E-state index contributed by atoms with van der Waals surface area (Å²) in [6.45, 7) is 1.99. The maximum atomic E-state index is 10.5. The number of hydrogen-bond donors (Lipinski definition) is 4. The summed E-state index contributed by atoms with van der Waals surface area (Å²) < 4.78 is 11.4. The number of phenolic OH excluding ortho intramolecular Hbond substituents is 1. The second-order valence-corrected chi connectivity index (χ2v) is 6.74. The van der Waals surface area contributed by atoms with Gasteiger partial charge in [-0.1, -0.05) is 18.2 Å². The van der Waals surface area contributed by atoms with Crippen molar-refractivity contribution in [1.82, 2.24) is 0 Å². The quantitative estimate of drug-likeness (QED) is 0.444. The number of aliphatic hydroxyl groups excluding tert-OH is 3. The number of phenols is 1. The van der Waals surface area contributed by atoms with Crippen molar-refractivity contribution in [3.63, 3.8) is 0 Å². The summed E-state index contributed by atoms with van der Waals surface area (Å²) >= 11 is 0. The van der Waals surface area contributed by atoms with Crippen LogP contribution in [0.1, 0.15) is 29.5 Å². The van der Waals surface area contributed by atoms with Crippen LogP contribution >= 0.6 is 0 Å². The van der Waals surface area contributed by atoms with Crippen LogP contribution in [-0.4, -0.2) is 53.0 Å². The third-order valence-electron chi connectivity index (χ3n) is 4.45. The Morgan fingerprint density at radius 2 is 1.50 bits per heavy atom. The van der Waals surface area contributed by atoms with Crippen molar-refractivity contribution in [3.05, 3.63) is 53.1 Å². The SMILES string of the molecule is Cc1c(O)c(CCCO)cc(CCCO)c1OCC(O)COc1ccccc1. The van der Waals surface area contributed by atoms with Crippen LogP contribution in [0.2, 0.25) is 0 Å². The molecular weight excluding hydrogens is 360 g/mol. The van der Waals surface area contributed by atoms with Gasteiger partial charge in [0.15, 0.2) is 0 Å². The number of aliphatic hydroxyl groups is 3. The molecule has 0 spiro atoms. The van der Waals surface area contributed by atoms with E-state index < -0.39 is 6.10 Å². The minimum atomic E-state index is -0.832. The number of aryl methyl sites for hydroxylation is 2. The Bertz CT molecular complexity index is 717. The van der Waals surface area contributed by atoms with Crippen LogP contribution in [0.25, 0.3) is 0 Å². The van der Waals surface area contributed by atoms with Gasteiger partial charge >= 0.3 is 0 Å². The Morgan fingerprint density at radius 1 is 0.893 bits per heavy atom. The Labute approximate surface area is 166 Å². The Morgan fingerprint density at radius 3 is 2.14 bits per heavy atom. The number of aromatic hydroxyl groups is 1. The number of para-hydroxylation sites is 1. The van der Waals surface area contributed by atoms with Gasteiger partial charge in [-0.2, -0.15) is 0 Å². The van der Waals surface area contributed by atoms with E-state index in [0.29, 0.717) is 42.7 Å². The van der Waals surface area contributed by atoms with Crippen molar-refractivity contribution >= 4 is 0 Å². The predicted octanol–water partition coefficient (Wildman–Crippen LogP) is 2.37. The molecule has 2 aromatic carbocycles. The van der Waals surface area contributed by atoms with Crippen LogP contribution in [0.5, 0.6) is 17.2 Å². The molecule has 0 aliphatic rings. The third-order valence-corrected chi connectivity index (χ3v) is 4.45. The maximum absolute atomic E-state index is 10.5. The van der Waals surface area contributed by atoms with Gasteiger partial charge in [0.05, 0.1) is 0 Å². The summed E-state index contributed by atoms with van der Waals surface area (Å²) in [4.78, 5) is 0. The zero-order chi connectivity index (χ0) is 20.4. The summed E-state index contributed by atoms with van der Waals surface area (Å²) in [5.74, 6) is 1.34. The summed E-state index contributed by atoms with van der Waals surface area (Å²) in [6, 6.07) is 11.1. The molecule has 154 valence electrons. The lowest BCUT2D eigenvalue weighted by Gasteiger charge is -2.20. The van der Waals surface area contributed by atoms with E-state index in [4.69, 9.17) is 19.7 Å². The van der Waals surface area contributed by atoms with E-state index >= 15 is 0 Å². The molecule has 0 bridgehead atoms. The molecule has 0 saturated carbocycles. The van der Waals surface area contributed by atoms with Crippen LogP contribution in [0.15, 0.2) is 36.4 Å². The van der Waals surface area contributed by atoms with Gasteiger partial charge in [0.1, 0.15) is 36.6 Å². The number of benzene rings is 2. The van der Waals surface area contributed by atoms with Crippen molar-refractivity contribution in [3.8, 4) is 17.2 Å². The largest absolute Gasteiger partial charge is 0.507 e. The van der Waals surface area contributed by atoms with E-state index in [1.54, 1.807) is 6.92 Å². The zero-order valence-corrected chi connectivity index (χ0v) is 16.3. The fraction of sp³-hybridized carbons (Fsp3) is 0.455. The fourth-order valence-electron chi connectivity index (χ4n) is 2.99. The number of hydrogen-bond acceptors (Lipinski definition) is 6. The fourth-order valence-corrected chi connectivity index (χ4v) is 2.99. The molecule has 0 fully saturated rings. The van der Waals surface area contributed by atoms with Crippen molar-refractivity contribution in [2.24, 2.45) is 0 Å². The molecule has 0 aromatic heterocycles. The van der Waals surface area contributed by atoms with E-state index in [2.05, 4.69) is 0 Å². The molecule has 28 heavy (non-hydrogen) atoms. The molecule has 0 saturated heterocycles. The van der Waals surface area contributed by atoms with Gasteiger partial charge in [-0.25, -0.2) is 0 Å². The highest BCUT2D eigenvalue weighted by atomic mass is 16.5. The van der Waals surface area contributed by atoms with E-state index in [1.807, 2.05) is 36.4 Å². The average Bonchev–Trinajstić information content (AvgIpc) is 2.72. The van der Waals surface area contributed by atoms with E-state index in [-0.39, 0.29) is 32.2 Å². The first-order chi connectivity index (χ1) is 13.6. The average molecular weight is 390 g/mol. The molecule has 2 aromatic rings. The maximum Gasteiger partial charge on any atom is 0.129 e. The Kier molecular flexibility index (Phi) is 9.07. The molecule has 0 heterocycles. The highest BCUT2D eigenvalue weighted by molar-refractivity contribution is 5.53. The third kappa shape index (κ3) is 6.41. The first kappa shape index (κ1) is 22.0. The van der Waals surface area contributed by atoms with Crippen molar-refractivity contribution in [2.45, 2.75) is 38.7 Å². The Hall–Kier alpha value is -2.28. The first-order valence-electron chi connectivity index (χ1n) is 9.61. The van der Waals surface area contributed by atoms with Crippen LogP contribution < -0.4 is 9.47 Å². The monoisotopic (exact) mass is 390 g/mol. The molecule has 0 aliphatic heterocycles. The Balaban J connectivity index is 2.06. The van der Waals surface area contributed by atoms with E-state index in [1.165, 1.54) is 0 Å².